The first-order valence-electron chi connectivity index (χ1n) is 13.7. The van der Waals surface area contributed by atoms with E-state index in [9.17, 15) is 14.4 Å². The van der Waals surface area contributed by atoms with Crippen LogP contribution in [0.2, 0.25) is 0 Å². The normalized spacial score (nSPS) is 31.2. The third kappa shape index (κ3) is 8.93. The van der Waals surface area contributed by atoms with Gasteiger partial charge in [-0.2, -0.15) is 0 Å². The average Bonchev–Trinajstić information content (AvgIpc) is 2.90. The Morgan fingerprint density at radius 1 is 0.686 bits per heavy atom. The number of hydrogen-bond donors (Lipinski definition) is 0. The summed E-state index contributed by atoms with van der Waals surface area (Å²) < 4.78 is 21.7. The van der Waals surface area contributed by atoms with Crippen LogP contribution < -0.4 is 0 Å². The highest BCUT2D eigenvalue weighted by molar-refractivity contribution is 5.81. The molecular weight excluding hydrogens is 448 g/mol. The number of carbonyl (C=O) groups is 3. The van der Waals surface area contributed by atoms with Gasteiger partial charge >= 0.3 is 17.9 Å². The predicted octanol–water partition coefficient (Wildman–Crippen LogP) is 5.15. The summed E-state index contributed by atoms with van der Waals surface area (Å²) in [6, 6.07) is 0. The molecule has 0 spiro atoms. The summed E-state index contributed by atoms with van der Waals surface area (Å²) >= 11 is 0. The van der Waals surface area contributed by atoms with E-state index in [4.69, 9.17) is 18.9 Å². The van der Waals surface area contributed by atoms with Crippen LogP contribution in [0, 0.1) is 23.7 Å². The van der Waals surface area contributed by atoms with Crippen LogP contribution in [0.3, 0.4) is 0 Å². The predicted molar refractivity (Wildman–Crippen MR) is 131 cm³/mol. The summed E-state index contributed by atoms with van der Waals surface area (Å²) in [7, 11) is 1.82. The van der Waals surface area contributed by atoms with Crippen LogP contribution in [0.15, 0.2) is 12.7 Å². The zero-order chi connectivity index (χ0) is 25.0. The van der Waals surface area contributed by atoms with E-state index >= 15 is 0 Å². The summed E-state index contributed by atoms with van der Waals surface area (Å²) in [5.41, 5.74) is 0. The minimum Gasteiger partial charge on any atom is -0.465 e. The van der Waals surface area contributed by atoms with Crippen molar-refractivity contribution in [2.24, 2.45) is 23.7 Å². The smallest absolute Gasteiger partial charge is 0.330 e. The topological polar surface area (TPSA) is 88.1 Å². The van der Waals surface area contributed by atoms with Crippen molar-refractivity contribution < 1.29 is 33.3 Å². The van der Waals surface area contributed by atoms with Gasteiger partial charge in [-0.15, -0.1) is 0 Å². The van der Waals surface area contributed by atoms with Crippen LogP contribution >= 0.6 is 0 Å². The number of ether oxygens (including phenoxy) is 4. The molecule has 0 N–H and O–H groups in total. The van der Waals surface area contributed by atoms with Gasteiger partial charge < -0.3 is 18.9 Å². The van der Waals surface area contributed by atoms with Crippen LogP contribution in [0.1, 0.15) is 89.9 Å². The highest BCUT2D eigenvalue weighted by Crippen LogP contribution is 2.40. The van der Waals surface area contributed by atoms with E-state index < -0.39 is 5.97 Å². The summed E-state index contributed by atoms with van der Waals surface area (Å²) in [6.45, 7) is 3.96. The van der Waals surface area contributed by atoms with Crippen LogP contribution in [-0.2, 0) is 33.3 Å². The maximum atomic E-state index is 12.7. The van der Waals surface area contributed by atoms with Crippen molar-refractivity contribution in [1.82, 2.24) is 0 Å². The van der Waals surface area contributed by atoms with Crippen molar-refractivity contribution in [3.63, 3.8) is 0 Å². The number of rotatable bonds is 11. The Balaban J connectivity index is 1.25. The molecular formula is C28H44O7. The molecule has 3 aliphatic rings. The molecule has 0 heterocycles. The van der Waals surface area contributed by atoms with Crippen molar-refractivity contribution >= 4 is 17.9 Å². The standard InChI is InChI=1S/C28H44O7/c1-3-26(29)33-18-4-5-19-34-27(30)22-6-8-23(9-7-22)28(31)35-25-16-12-21(13-17-25)20-10-14-24(32-2)15-11-20/h3,20-25H,1,4-19H2,2H3. The fourth-order valence-electron chi connectivity index (χ4n) is 6.03. The third-order valence-electron chi connectivity index (χ3n) is 8.31. The summed E-state index contributed by atoms with van der Waals surface area (Å²) in [5, 5.41) is 0. The van der Waals surface area contributed by atoms with Crippen molar-refractivity contribution in [3.8, 4) is 0 Å². The molecule has 0 bridgehead atoms. The minimum absolute atomic E-state index is 0.0579. The molecule has 3 rings (SSSR count). The Labute approximate surface area is 210 Å². The van der Waals surface area contributed by atoms with Crippen molar-refractivity contribution in [3.05, 3.63) is 12.7 Å². The Morgan fingerprint density at radius 2 is 1.17 bits per heavy atom. The Bertz CT molecular complexity index is 681. The van der Waals surface area contributed by atoms with Crippen LogP contribution in [-0.4, -0.2) is 50.4 Å². The highest BCUT2D eigenvalue weighted by atomic mass is 16.5. The van der Waals surface area contributed by atoms with Gasteiger partial charge in [0, 0.05) is 13.2 Å². The van der Waals surface area contributed by atoms with E-state index in [2.05, 4.69) is 6.58 Å². The van der Waals surface area contributed by atoms with E-state index in [0.717, 1.165) is 43.6 Å². The van der Waals surface area contributed by atoms with Gasteiger partial charge in [-0.1, -0.05) is 6.58 Å². The second-order valence-electron chi connectivity index (χ2n) is 10.5. The molecule has 0 aromatic carbocycles. The highest BCUT2D eigenvalue weighted by Gasteiger charge is 2.35. The largest absolute Gasteiger partial charge is 0.465 e. The lowest BCUT2D eigenvalue weighted by Gasteiger charge is -2.37. The molecule has 7 heteroatoms. The lowest BCUT2D eigenvalue weighted by Crippen LogP contribution is -2.33. The van der Waals surface area contributed by atoms with Gasteiger partial charge in [-0.25, -0.2) is 4.79 Å². The second kappa shape index (κ2) is 14.6. The summed E-state index contributed by atoms with van der Waals surface area (Å²) in [5.74, 6) is 0.647. The molecule has 3 fully saturated rings. The van der Waals surface area contributed by atoms with E-state index in [1.54, 1.807) is 0 Å². The molecule has 0 unspecified atom stereocenters. The lowest BCUT2D eigenvalue weighted by molar-refractivity contribution is -0.160. The second-order valence-corrected chi connectivity index (χ2v) is 10.5. The first kappa shape index (κ1) is 27.7. The Morgan fingerprint density at radius 3 is 1.69 bits per heavy atom. The summed E-state index contributed by atoms with van der Waals surface area (Å²) in [4.78, 5) is 36.0. The fraction of sp³-hybridized carbons (Fsp3) is 0.821. The quantitative estimate of drug-likeness (QED) is 0.170. The maximum absolute atomic E-state index is 12.7. The molecule has 3 saturated carbocycles. The van der Waals surface area contributed by atoms with Crippen LogP contribution in [0.4, 0.5) is 0 Å². The number of unbranched alkanes of at least 4 members (excludes halogenated alkanes) is 1. The first-order chi connectivity index (χ1) is 17.0. The summed E-state index contributed by atoms with van der Waals surface area (Å²) in [6.07, 6.45) is 14.8. The van der Waals surface area contributed by atoms with E-state index in [0.29, 0.717) is 57.8 Å². The molecule has 35 heavy (non-hydrogen) atoms. The molecule has 0 aliphatic heterocycles. The van der Waals surface area contributed by atoms with Gasteiger partial charge in [0.25, 0.3) is 0 Å². The number of methoxy groups -OCH3 is 1. The van der Waals surface area contributed by atoms with Gasteiger partial charge in [0.05, 0.1) is 31.2 Å². The molecule has 0 aromatic rings. The molecule has 0 amide bonds. The molecule has 198 valence electrons. The van der Waals surface area contributed by atoms with Crippen LogP contribution in [0.25, 0.3) is 0 Å². The van der Waals surface area contributed by atoms with E-state index in [1.165, 1.54) is 25.7 Å². The SMILES string of the molecule is C=CC(=O)OCCCCOC(=O)C1CCC(C(=O)OC2CCC(C3CCC(OC)CC3)CC2)CC1. The number of carbonyl (C=O) groups excluding carboxylic acids is 3. The fourth-order valence-corrected chi connectivity index (χ4v) is 6.03. The third-order valence-corrected chi connectivity index (χ3v) is 8.31. The van der Waals surface area contributed by atoms with Crippen molar-refractivity contribution in [2.45, 2.75) is 102 Å². The monoisotopic (exact) mass is 492 g/mol. The van der Waals surface area contributed by atoms with Gasteiger partial charge in [-0.05, 0) is 102 Å². The zero-order valence-corrected chi connectivity index (χ0v) is 21.4. The van der Waals surface area contributed by atoms with E-state index in [1.807, 2.05) is 7.11 Å². The molecule has 3 aliphatic carbocycles. The van der Waals surface area contributed by atoms with Gasteiger partial charge in [0.15, 0.2) is 0 Å². The van der Waals surface area contributed by atoms with Gasteiger partial charge in [-0.3, -0.25) is 9.59 Å². The lowest BCUT2D eigenvalue weighted by atomic mass is 9.72. The Hall–Kier alpha value is -1.89. The van der Waals surface area contributed by atoms with E-state index in [-0.39, 0.29) is 29.9 Å². The molecule has 0 saturated heterocycles. The van der Waals surface area contributed by atoms with Crippen LogP contribution in [0.5, 0.6) is 0 Å². The van der Waals surface area contributed by atoms with Crippen molar-refractivity contribution in [2.75, 3.05) is 20.3 Å². The molecule has 7 nitrogen and oxygen atoms in total. The maximum Gasteiger partial charge on any atom is 0.330 e. The minimum atomic E-state index is -0.439. The molecule has 0 atom stereocenters. The first-order valence-corrected chi connectivity index (χ1v) is 13.7. The van der Waals surface area contributed by atoms with Gasteiger partial charge in [0.1, 0.15) is 6.10 Å². The molecule has 0 radical (unpaired) electrons. The average molecular weight is 493 g/mol. The number of esters is 3. The van der Waals surface area contributed by atoms with Crippen molar-refractivity contribution in [1.29, 1.82) is 0 Å². The van der Waals surface area contributed by atoms with Gasteiger partial charge in [0.2, 0.25) is 0 Å². The Kier molecular flexibility index (Phi) is 11.6. The zero-order valence-electron chi connectivity index (χ0n) is 21.4. The molecule has 0 aromatic heterocycles. The number of hydrogen-bond acceptors (Lipinski definition) is 7.